The molecule has 0 spiro atoms. The molecule has 0 aliphatic rings. The molecule has 116 valence electrons. The second kappa shape index (κ2) is 10.3. The molecular formula is C18H28O2Si. The molecule has 2 aromatic rings. The molecule has 2 nitrogen and oxygen atoms in total. The average molecular weight is 305 g/mol. The number of benzene rings is 2. The summed E-state index contributed by atoms with van der Waals surface area (Å²) in [6, 6.07) is 19.8. The predicted octanol–water partition coefficient (Wildman–Crippen LogP) is 4.85. The Balaban J connectivity index is 0.000000390. The maximum atomic E-state index is 8.54. The Kier molecular flexibility index (Phi) is 9.63. The van der Waals surface area contributed by atoms with Gasteiger partial charge in [-0.2, -0.15) is 0 Å². The Hall–Kier alpha value is -1.42. The largest absolute Gasteiger partial charge is 0.413 e. The van der Waals surface area contributed by atoms with Gasteiger partial charge in [-0.3, -0.25) is 0 Å². The Bertz CT molecular complexity index is 464. The van der Waals surface area contributed by atoms with E-state index in [2.05, 4.69) is 31.8 Å². The summed E-state index contributed by atoms with van der Waals surface area (Å²) in [7, 11) is -1.34. The minimum atomic E-state index is -1.34. The minimum absolute atomic E-state index is 0. The third-order valence-electron chi connectivity index (χ3n) is 2.54. The van der Waals surface area contributed by atoms with Gasteiger partial charge in [0.25, 0.3) is 0 Å². The number of rotatable bonds is 4. The van der Waals surface area contributed by atoms with Crippen LogP contribution in [0.5, 0.6) is 0 Å². The zero-order valence-electron chi connectivity index (χ0n) is 12.5. The number of aliphatic hydroxyl groups excluding tert-OH is 1. The molecule has 21 heavy (non-hydrogen) atoms. The van der Waals surface area contributed by atoms with Crippen molar-refractivity contribution in [1.29, 1.82) is 0 Å². The van der Waals surface area contributed by atoms with Crippen LogP contribution >= 0.6 is 0 Å². The summed E-state index contributed by atoms with van der Waals surface area (Å²) < 4.78 is 5.75. The SMILES string of the molecule is C.C[Si](C)(C)OCc1ccccc1.OCc1ccccc1. The third-order valence-corrected chi connectivity index (χ3v) is 3.55. The lowest BCUT2D eigenvalue weighted by Gasteiger charge is -2.16. The highest BCUT2D eigenvalue weighted by molar-refractivity contribution is 6.69. The highest BCUT2D eigenvalue weighted by atomic mass is 28.4. The summed E-state index contributed by atoms with van der Waals surface area (Å²) in [5, 5.41) is 8.54. The number of hydrogen-bond donors (Lipinski definition) is 1. The van der Waals surface area contributed by atoms with Crippen molar-refractivity contribution in [2.24, 2.45) is 0 Å². The Morgan fingerprint density at radius 3 is 1.57 bits per heavy atom. The van der Waals surface area contributed by atoms with E-state index in [1.807, 2.05) is 48.5 Å². The molecule has 2 aromatic carbocycles. The Labute approximate surface area is 130 Å². The number of aliphatic hydroxyl groups is 1. The fraction of sp³-hybridized carbons (Fsp3) is 0.333. The quantitative estimate of drug-likeness (QED) is 0.818. The summed E-state index contributed by atoms with van der Waals surface area (Å²) in [5.74, 6) is 0. The molecule has 2 rings (SSSR count). The van der Waals surface area contributed by atoms with Gasteiger partial charge in [-0.05, 0) is 30.8 Å². The maximum Gasteiger partial charge on any atom is 0.184 e. The molecule has 0 radical (unpaired) electrons. The van der Waals surface area contributed by atoms with Crippen molar-refractivity contribution in [3.05, 3.63) is 71.8 Å². The zero-order valence-corrected chi connectivity index (χ0v) is 13.5. The van der Waals surface area contributed by atoms with Crippen molar-refractivity contribution in [3.8, 4) is 0 Å². The van der Waals surface area contributed by atoms with Gasteiger partial charge in [0.2, 0.25) is 0 Å². The molecule has 0 aliphatic carbocycles. The highest BCUT2D eigenvalue weighted by Gasteiger charge is 2.13. The van der Waals surface area contributed by atoms with E-state index in [0.717, 1.165) is 12.2 Å². The molecule has 0 unspecified atom stereocenters. The molecule has 0 bridgehead atoms. The van der Waals surface area contributed by atoms with Gasteiger partial charge in [0.15, 0.2) is 8.32 Å². The first-order chi connectivity index (χ1) is 9.51. The lowest BCUT2D eigenvalue weighted by Crippen LogP contribution is -2.24. The van der Waals surface area contributed by atoms with Crippen LogP contribution < -0.4 is 0 Å². The van der Waals surface area contributed by atoms with Gasteiger partial charge in [-0.1, -0.05) is 68.1 Å². The van der Waals surface area contributed by atoms with Crippen LogP contribution in [0.2, 0.25) is 19.6 Å². The fourth-order valence-corrected chi connectivity index (χ4v) is 2.06. The molecule has 0 amide bonds. The molecule has 3 heteroatoms. The molecular weight excluding hydrogens is 276 g/mol. The first-order valence-corrected chi connectivity index (χ1v) is 10.2. The highest BCUT2D eigenvalue weighted by Crippen LogP contribution is 2.08. The van der Waals surface area contributed by atoms with Crippen molar-refractivity contribution in [2.75, 3.05) is 0 Å². The monoisotopic (exact) mass is 304 g/mol. The lowest BCUT2D eigenvalue weighted by molar-refractivity contribution is 0.282. The van der Waals surface area contributed by atoms with E-state index in [9.17, 15) is 0 Å². The van der Waals surface area contributed by atoms with Gasteiger partial charge in [-0.25, -0.2) is 0 Å². The van der Waals surface area contributed by atoms with E-state index in [-0.39, 0.29) is 14.0 Å². The smallest absolute Gasteiger partial charge is 0.184 e. The second-order valence-electron chi connectivity index (χ2n) is 5.53. The zero-order chi connectivity index (χ0) is 14.8. The molecule has 0 fully saturated rings. The van der Waals surface area contributed by atoms with Gasteiger partial charge in [-0.15, -0.1) is 0 Å². The maximum absolute atomic E-state index is 8.54. The standard InChI is InChI=1S/C10H16OSi.C7H8O.CH4/c1-12(2,3)11-9-10-7-5-4-6-8-10;8-6-7-4-2-1-3-5-7;/h4-8H,9H2,1-3H3;1-5,8H,6H2;1H4. The average Bonchev–Trinajstić information content (AvgIpc) is 2.47. The van der Waals surface area contributed by atoms with Crippen molar-refractivity contribution in [3.63, 3.8) is 0 Å². The molecule has 1 N–H and O–H groups in total. The van der Waals surface area contributed by atoms with Crippen LogP contribution in [0.25, 0.3) is 0 Å². The van der Waals surface area contributed by atoms with Gasteiger partial charge >= 0.3 is 0 Å². The summed E-state index contributed by atoms with van der Waals surface area (Å²) in [6.45, 7) is 7.51. The molecule has 0 heterocycles. The van der Waals surface area contributed by atoms with Crippen LogP contribution in [-0.4, -0.2) is 13.4 Å². The van der Waals surface area contributed by atoms with Crippen LogP contribution in [0.3, 0.4) is 0 Å². The van der Waals surface area contributed by atoms with Gasteiger partial charge in [0.05, 0.1) is 13.2 Å². The second-order valence-corrected chi connectivity index (χ2v) is 10.0. The van der Waals surface area contributed by atoms with E-state index in [1.165, 1.54) is 5.56 Å². The van der Waals surface area contributed by atoms with Crippen molar-refractivity contribution < 1.29 is 9.53 Å². The summed E-state index contributed by atoms with van der Waals surface area (Å²) in [5.41, 5.74) is 2.23. The van der Waals surface area contributed by atoms with Crippen LogP contribution in [0.4, 0.5) is 0 Å². The van der Waals surface area contributed by atoms with E-state index < -0.39 is 8.32 Å². The Morgan fingerprint density at radius 1 is 0.810 bits per heavy atom. The molecule has 0 aromatic heterocycles. The normalized spacial score (nSPS) is 10.1. The fourth-order valence-electron chi connectivity index (χ4n) is 1.46. The first-order valence-electron chi connectivity index (χ1n) is 6.84. The van der Waals surface area contributed by atoms with E-state index in [1.54, 1.807) is 0 Å². The number of hydrogen-bond acceptors (Lipinski definition) is 2. The van der Waals surface area contributed by atoms with Crippen molar-refractivity contribution in [2.45, 2.75) is 40.3 Å². The topological polar surface area (TPSA) is 29.5 Å². The summed E-state index contributed by atoms with van der Waals surface area (Å²) >= 11 is 0. The van der Waals surface area contributed by atoms with Crippen LogP contribution in [0, 0.1) is 0 Å². The van der Waals surface area contributed by atoms with Gasteiger partial charge < -0.3 is 9.53 Å². The van der Waals surface area contributed by atoms with E-state index in [0.29, 0.717) is 0 Å². The Morgan fingerprint density at radius 2 is 1.24 bits per heavy atom. The lowest BCUT2D eigenvalue weighted by atomic mass is 10.2. The van der Waals surface area contributed by atoms with Crippen LogP contribution in [-0.2, 0) is 17.6 Å². The van der Waals surface area contributed by atoms with E-state index >= 15 is 0 Å². The molecule has 0 atom stereocenters. The predicted molar refractivity (Wildman–Crippen MR) is 93.7 cm³/mol. The van der Waals surface area contributed by atoms with Gasteiger partial charge in [0, 0.05) is 0 Å². The summed E-state index contributed by atoms with van der Waals surface area (Å²) in [4.78, 5) is 0. The van der Waals surface area contributed by atoms with Crippen molar-refractivity contribution in [1.82, 2.24) is 0 Å². The molecule has 0 saturated heterocycles. The van der Waals surface area contributed by atoms with Crippen molar-refractivity contribution >= 4 is 8.32 Å². The van der Waals surface area contributed by atoms with Gasteiger partial charge in [0.1, 0.15) is 0 Å². The minimum Gasteiger partial charge on any atom is -0.413 e. The third kappa shape index (κ3) is 10.0. The molecule has 0 saturated carbocycles. The van der Waals surface area contributed by atoms with E-state index in [4.69, 9.17) is 9.53 Å². The van der Waals surface area contributed by atoms with Crippen LogP contribution in [0.15, 0.2) is 60.7 Å². The molecule has 0 aliphatic heterocycles. The first kappa shape index (κ1) is 19.6. The van der Waals surface area contributed by atoms with Crippen LogP contribution in [0.1, 0.15) is 18.6 Å². The summed E-state index contributed by atoms with van der Waals surface area (Å²) in [6.07, 6.45) is 0.